The standard InChI is InChI=1S/C18H17N3O3S2/c1-23-14-8-6-12(7-9-14)16(22)11-25-18-21-20-17(26-18)19-13-4-3-5-15(10-13)24-2/h3-10H,11H2,1-2H3,(H,19,20). The zero-order chi connectivity index (χ0) is 18.4. The highest BCUT2D eigenvalue weighted by Crippen LogP contribution is 2.29. The number of carbonyl (C=O) groups excluding carboxylic acids is 1. The molecule has 6 nitrogen and oxygen atoms in total. The largest absolute Gasteiger partial charge is 0.497 e. The van der Waals surface area contributed by atoms with Crippen LogP contribution in [0.3, 0.4) is 0 Å². The molecule has 3 rings (SSSR count). The van der Waals surface area contributed by atoms with E-state index in [4.69, 9.17) is 9.47 Å². The van der Waals surface area contributed by atoms with Crippen LogP contribution in [-0.2, 0) is 0 Å². The quantitative estimate of drug-likeness (QED) is 0.457. The van der Waals surface area contributed by atoms with Crippen molar-refractivity contribution in [2.75, 3.05) is 25.3 Å². The first-order chi connectivity index (χ1) is 12.7. The lowest BCUT2D eigenvalue weighted by atomic mass is 10.1. The van der Waals surface area contributed by atoms with E-state index in [1.54, 1.807) is 38.5 Å². The Kier molecular flexibility index (Phi) is 6.08. The highest BCUT2D eigenvalue weighted by molar-refractivity contribution is 8.01. The molecule has 0 aliphatic heterocycles. The molecule has 0 unspecified atom stereocenters. The summed E-state index contributed by atoms with van der Waals surface area (Å²) >= 11 is 2.77. The third kappa shape index (κ3) is 4.74. The highest BCUT2D eigenvalue weighted by atomic mass is 32.2. The Labute approximate surface area is 159 Å². The molecule has 2 aromatic carbocycles. The summed E-state index contributed by atoms with van der Waals surface area (Å²) in [5.74, 6) is 1.83. The van der Waals surface area contributed by atoms with E-state index in [1.807, 2.05) is 24.3 Å². The van der Waals surface area contributed by atoms with Gasteiger partial charge in [-0.15, -0.1) is 10.2 Å². The molecule has 0 radical (unpaired) electrons. The third-order valence-electron chi connectivity index (χ3n) is 3.47. The smallest absolute Gasteiger partial charge is 0.210 e. The van der Waals surface area contributed by atoms with Gasteiger partial charge in [0.2, 0.25) is 5.13 Å². The normalized spacial score (nSPS) is 10.4. The predicted octanol–water partition coefficient (Wildman–Crippen LogP) is 4.27. The van der Waals surface area contributed by atoms with Gasteiger partial charge in [0.15, 0.2) is 10.1 Å². The first kappa shape index (κ1) is 18.2. The number of ether oxygens (including phenoxy) is 2. The number of hydrogen-bond donors (Lipinski definition) is 1. The Hall–Kier alpha value is -2.58. The van der Waals surface area contributed by atoms with Gasteiger partial charge in [-0.05, 0) is 36.4 Å². The topological polar surface area (TPSA) is 73.3 Å². The number of rotatable bonds is 8. The SMILES string of the molecule is COc1ccc(C(=O)CSc2nnc(Nc3cccc(OC)c3)s2)cc1. The van der Waals surface area contributed by atoms with Crippen molar-refractivity contribution in [1.29, 1.82) is 0 Å². The fraction of sp³-hybridized carbons (Fsp3) is 0.167. The number of thioether (sulfide) groups is 1. The highest BCUT2D eigenvalue weighted by Gasteiger charge is 2.10. The van der Waals surface area contributed by atoms with Gasteiger partial charge in [-0.3, -0.25) is 4.79 Å². The number of benzene rings is 2. The summed E-state index contributed by atoms with van der Waals surface area (Å²) < 4.78 is 11.0. The molecular formula is C18H17N3O3S2. The summed E-state index contributed by atoms with van der Waals surface area (Å²) in [4.78, 5) is 12.3. The summed E-state index contributed by atoms with van der Waals surface area (Å²) in [5.41, 5.74) is 1.52. The minimum absolute atomic E-state index is 0.0372. The van der Waals surface area contributed by atoms with E-state index in [2.05, 4.69) is 15.5 Å². The molecule has 1 N–H and O–H groups in total. The average Bonchev–Trinajstić information content (AvgIpc) is 3.13. The fourth-order valence-electron chi connectivity index (χ4n) is 2.13. The fourth-order valence-corrected chi connectivity index (χ4v) is 3.80. The molecule has 0 amide bonds. The molecule has 0 atom stereocenters. The molecule has 0 saturated carbocycles. The molecule has 0 aliphatic carbocycles. The van der Waals surface area contributed by atoms with Gasteiger partial charge in [0, 0.05) is 17.3 Å². The van der Waals surface area contributed by atoms with E-state index in [9.17, 15) is 4.79 Å². The molecule has 0 aliphatic rings. The van der Waals surface area contributed by atoms with Crippen molar-refractivity contribution in [2.24, 2.45) is 0 Å². The zero-order valence-electron chi connectivity index (χ0n) is 14.3. The van der Waals surface area contributed by atoms with Crippen LogP contribution in [0, 0.1) is 0 Å². The van der Waals surface area contributed by atoms with E-state index in [0.29, 0.717) is 16.4 Å². The summed E-state index contributed by atoms with van der Waals surface area (Å²) in [7, 11) is 3.22. The Morgan fingerprint density at radius 2 is 1.85 bits per heavy atom. The number of methoxy groups -OCH3 is 2. The van der Waals surface area contributed by atoms with E-state index >= 15 is 0 Å². The minimum atomic E-state index is 0.0372. The zero-order valence-corrected chi connectivity index (χ0v) is 15.9. The van der Waals surface area contributed by atoms with E-state index in [0.717, 1.165) is 21.5 Å². The van der Waals surface area contributed by atoms with Crippen molar-refractivity contribution >= 4 is 39.7 Å². The second-order valence-electron chi connectivity index (χ2n) is 5.17. The van der Waals surface area contributed by atoms with Crippen LogP contribution in [0.5, 0.6) is 11.5 Å². The first-order valence-electron chi connectivity index (χ1n) is 7.72. The lowest BCUT2D eigenvalue weighted by Gasteiger charge is -2.04. The summed E-state index contributed by atoms with van der Waals surface area (Å²) in [5, 5.41) is 12.1. The molecule has 0 saturated heterocycles. The van der Waals surface area contributed by atoms with Crippen LogP contribution < -0.4 is 14.8 Å². The van der Waals surface area contributed by atoms with Gasteiger partial charge in [0.1, 0.15) is 11.5 Å². The van der Waals surface area contributed by atoms with Gasteiger partial charge >= 0.3 is 0 Å². The number of ketones is 1. The molecule has 3 aromatic rings. The second-order valence-corrected chi connectivity index (χ2v) is 7.37. The van der Waals surface area contributed by atoms with Gasteiger partial charge in [-0.1, -0.05) is 29.2 Å². The molecule has 1 heterocycles. The molecule has 26 heavy (non-hydrogen) atoms. The number of carbonyl (C=O) groups is 1. The lowest BCUT2D eigenvalue weighted by molar-refractivity contribution is 0.102. The number of anilines is 2. The monoisotopic (exact) mass is 387 g/mol. The lowest BCUT2D eigenvalue weighted by Crippen LogP contribution is -2.02. The van der Waals surface area contributed by atoms with Crippen LogP contribution in [-0.4, -0.2) is 36.0 Å². The van der Waals surface area contributed by atoms with E-state index < -0.39 is 0 Å². The minimum Gasteiger partial charge on any atom is -0.497 e. The molecular weight excluding hydrogens is 370 g/mol. The molecule has 8 heteroatoms. The number of aromatic nitrogens is 2. The van der Waals surface area contributed by atoms with Crippen LogP contribution in [0.2, 0.25) is 0 Å². The van der Waals surface area contributed by atoms with Gasteiger partial charge in [-0.2, -0.15) is 0 Å². The van der Waals surface area contributed by atoms with Crippen LogP contribution >= 0.6 is 23.1 Å². The number of Topliss-reactive ketones (excluding diaryl/α,β-unsaturated/α-hetero) is 1. The van der Waals surface area contributed by atoms with Gasteiger partial charge in [-0.25, -0.2) is 0 Å². The molecule has 0 spiro atoms. The van der Waals surface area contributed by atoms with Crippen LogP contribution in [0.1, 0.15) is 10.4 Å². The van der Waals surface area contributed by atoms with Gasteiger partial charge in [0.25, 0.3) is 0 Å². The second kappa shape index (κ2) is 8.68. The maximum Gasteiger partial charge on any atom is 0.210 e. The van der Waals surface area contributed by atoms with E-state index in [1.165, 1.54) is 23.1 Å². The number of nitrogens with zero attached hydrogens (tertiary/aromatic N) is 2. The predicted molar refractivity (Wildman–Crippen MR) is 104 cm³/mol. The van der Waals surface area contributed by atoms with Crippen molar-refractivity contribution in [2.45, 2.75) is 4.34 Å². The summed E-state index contributed by atoms with van der Waals surface area (Å²) in [6, 6.07) is 14.6. The summed E-state index contributed by atoms with van der Waals surface area (Å²) in [6.45, 7) is 0. The van der Waals surface area contributed by atoms with Crippen molar-refractivity contribution in [3.05, 3.63) is 54.1 Å². The number of nitrogens with one attached hydrogen (secondary N) is 1. The van der Waals surface area contributed by atoms with Crippen LogP contribution in [0.25, 0.3) is 0 Å². The van der Waals surface area contributed by atoms with Crippen LogP contribution in [0.15, 0.2) is 52.9 Å². The maximum atomic E-state index is 12.3. The Morgan fingerprint density at radius 1 is 1.08 bits per heavy atom. The molecule has 0 bridgehead atoms. The molecule has 1 aromatic heterocycles. The third-order valence-corrected chi connectivity index (χ3v) is 5.44. The van der Waals surface area contributed by atoms with Gasteiger partial charge < -0.3 is 14.8 Å². The Morgan fingerprint density at radius 3 is 2.58 bits per heavy atom. The van der Waals surface area contributed by atoms with Crippen molar-refractivity contribution < 1.29 is 14.3 Å². The first-order valence-corrected chi connectivity index (χ1v) is 9.53. The average molecular weight is 387 g/mol. The van der Waals surface area contributed by atoms with Crippen molar-refractivity contribution in [3.8, 4) is 11.5 Å². The van der Waals surface area contributed by atoms with Crippen LogP contribution in [0.4, 0.5) is 10.8 Å². The molecule has 0 fully saturated rings. The van der Waals surface area contributed by atoms with Crippen molar-refractivity contribution in [1.82, 2.24) is 10.2 Å². The van der Waals surface area contributed by atoms with Gasteiger partial charge in [0.05, 0.1) is 20.0 Å². The maximum absolute atomic E-state index is 12.3. The molecule has 134 valence electrons. The summed E-state index contributed by atoms with van der Waals surface area (Å²) in [6.07, 6.45) is 0. The van der Waals surface area contributed by atoms with E-state index in [-0.39, 0.29) is 5.78 Å². The van der Waals surface area contributed by atoms with Crippen molar-refractivity contribution in [3.63, 3.8) is 0 Å². The Balaban J connectivity index is 1.56. The Bertz CT molecular complexity index is 881. The number of hydrogen-bond acceptors (Lipinski definition) is 8.